The highest BCUT2D eigenvalue weighted by molar-refractivity contribution is 6.36. The Morgan fingerprint density at radius 1 is 1.60 bits per heavy atom. The van der Waals surface area contributed by atoms with E-state index in [2.05, 4.69) is 5.32 Å². The molecule has 1 N–H and O–H groups in total. The SMILES string of the molecule is C[C@@H](NC/C(Cl)=C/Cl)c1cccc(F)c1. The first-order valence-corrected chi connectivity index (χ1v) is 5.38. The fourth-order valence-corrected chi connectivity index (χ4v) is 1.34. The number of nitrogens with one attached hydrogen (secondary N) is 1. The fourth-order valence-electron chi connectivity index (χ4n) is 1.18. The minimum atomic E-state index is -0.236. The zero-order valence-corrected chi connectivity index (χ0v) is 9.82. The first kappa shape index (κ1) is 12.5. The Balaban J connectivity index is 2.57. The van der Waals surface area contributed by atoms with Crippen LogP contribution in [0.4, 0.5) is 4.39 Å². The van der Waals surface area contributed by atoms with Crippen LogP contribution in [0.2, 0.25) is 0 Å². The smallest absolute Gasteiger partial charge is 0.123 e. The Bertz CT molecular complexity index is 352. The molecule has 0 bridgehead atoms. The molecule has 0 saturated carbocycles. The molecular formula is C11H12Cl2FN. The molecule has 0 heterocycles. The van der Waals surface area contributed by atoms with E-state index < -0.39 is 0 Å². The van der Waals surface area contributed by atoms with E-state index in [1.165, 1.54) is 17.7 Å². The predicted molar refractivity (Wildman–Crippen MR) is 62.6 cm³/mol. The maximum atomic E-state index is 12.9. The summed E-state index contributed by atoms with van der Waals surface area (Å²) in [6.45, 7) is 2.41. The second-order valence-corrected chi connectivity index (χ2v) is 3.92. The second-order valence-electron chi connectivity index (χ2n) is 3.21. The number of rotatable bonds is 4. The van der Waals surface area contributed by atoms with E-state index in [4.69, 9.17) is 23.2 Å². The molecule has 0 saturated heterocycles. The molecule has 0 spiro atoms. The molecule has 15 heavy (non-hydrogen) atoms. The van der Waals surface area contributed by atoms with Gasteiger partial charge in [0, 0.05) is 23.2 Å². The summed E-state index contributed by atoms with van der Waals surface area (Å²) >= 11 is 11.1. The molecule has 4 heteroatoms. The Labute approximate surface area is 98.9 Å². The van der Waals surface area contributed by atoms with Gasteiger partial charge in [0.15, 0.2) is 0 Å². The van der Waals surface area contributed by atoms with Gasteiger partial charge in [-0.15, -0.1) is 0 Å². The quantitative estimate of drug-likeness (QED) is 0.854. The van der Waals surface area contributed by atoms with Crippen molar-refractivity contribution in [3.05, 3.63) is 46.2 Å². The van der Waals surface area contributed by atoms with Gasteiger partial charge in [-0.1, -0.05) is 35.3 Å². The predicted octanol–water partition coefficient (Wildman–Crippen LogP) is 3.80. The molecule has 1 rings (SSSR count). The summed E-state index contributed by atoms with van der Waals surface area (Å²) in [5.41, 5.74) is 2.20. The van der Waals surface area contributed by atoms with Crippen molar-refractivity contribution in [3.63, 3.8) is 0 Å². The van der Waals surface area contributed by atoms with E-state index in [1.807, 2.05) is 13.0 Å². The van der Waals surface area contributed by atoms with Crippen LogP contribution < -0.4 is 5.32 Å². The Morgan fingerprint density at radius 3 is 2.93 bits per heavy atom. The Kier molecular flexibility index (Phi) is 5.09. The summed E-state index contributed by atoms with van der Waals surface area (Å²) in [6, 6.07) is 6.49. The maximum Gasteiger partial charge on any atom is 0.123 e. The van der Waals surface area contributed by atoms with Crippen molar-refractivity contribution in [1.29, 1.82) is 0 Å². The standard InChI is InChI=1S/C11H12Cl2FN/c1-8(15-7-10(13)6-12)9-3-2-4-11(14)5-9/h2-6,8,15H,7H2,1H3/b10-6-/t8-/m1/s1. The highest BCUT2D eigenvalue weighted by Crippen LogP contribution is 2.14. The summed E-state index contributed by atoms with van der Waals surface area (Å²) in [5, 5.41) is 3.65. The molecule has 1 nitrogen and oxygen atoms in total. The van der Waals surface area contributed by atoms with Gasteiger partial charge in [-0.25, -0.2) is 4.39 Å². The van der Waals surface area contributed by atoms with Crippen LogP contribution in [-0.2, 0) is 0 Å². The van der Waals surface area contributed by atoms with E-state index in [-0.39, 0.29) is 11.9 Å². The lowest BCUT2D eigenvalue weighted by molar-refractivity contribution is 0.593. The van der Waals surface area contributed by atoms with Crippen LogP contribution in [0.25, 0.3) is 0 Å². The minimum absolute atomic E-state index is 0.0334. The third-order valence-corrected chi connectivity index (χ3v) is 2.66. The molecule has 0 aliphatic heterocycles. The molecule has 0 aliphatic rings. The van der Waals surface area contributed by atoms with Gasteiger partial charge in [0.25, 0.3) is 0 Å². The summed E-state index contributed by atoms with van der Waals surface area (Å²) in [4.78, 5) is 0. The van der Waals surface area contributed by atoms with E-state index in [1.54, 1.807) is 6.07 Å². The van der Waals surface area contributed by atoms with Gasteiger partial charge in [-0.3, -0.25) is 0 Å². The molecule has 0 aliphatic carbocycles. The van der Waals surface area contributed by atoms with Crippen LogP contribution in [0.1, 0.15) is 18.5 Å². The molecule has 0 unspecified atom stereocenters. The van der Waals surface area contributed by atoms with Crippen molar-refractivity contribution in [2.75, 3.05) is 6.54 Å². The monoisotopic (exact) mass is 247 g/mol. The summed E-state index contributed by atoms with van der Waals surface area (Å²) in [5.74, 6) is -0.236. The third kappa shape index (κ3) is 4.20. The number of hydrogen-bond acceptors (Lipinski definition) is 1. The highest BCUT2D eigenvalue weighted by Gasteiger charge is 2.05. The zero-order chi connectivity index (χ0) is 11.3. The Morgan fingerprint density at radius 2 is 2.33 bits per heavy atom. The van der Waals surface area contributed by atoms with Crippen molar-refractivity contribution >= 4 is 23.2 Å². The van der Waals surface area contributed by atoms with Crippen molar-refractivity contribution in [2.45, 2.75) is 13.0 Å². The van der Waals surface area contributed by atoms with Gasteiger partial charge in [0.2, 0.25) is 0 Å². The van der Waals surface area contributed by atoms with Gasteiger partial charge in [-0.05, 0) is 24.6 Å². The molecule has 1 aromatic carbocycles. The molecule has 0 fully saturated rings. The lowest BCUT2D eigenvalue weighted by Gasteiger charge is -2.13. The van der Waals surface area contributed by atoms with E-state index in [0.29, 0.717) is 11.6 Å². The largest absolute Gasteiger partial charge is 0.305 e. The lowest BCUT2D eigenvalue weighted by atomic mass is 10.1. The fraction of sp³-hybridized carbons (Fsp3) is 0.273. The molecular weight excluding hydrogens is 236 g/mol. The highest BCUT2D eigenvalue weighted by atomic mass is 35.5. The van der Waals surface area contributed by atoms with Crippen LogP contribution in [0.5, 0.6) is 0 Å². The third-order valence-electron chi connectivity index (χ3n) is 2.04. The second kappa shape index (κ2) is 6.11. The maximum absolute atomic E-state index is 12.9. The van der Waals surface area contributed by atoms with E-state index >= 15 is 0 Å². The summed E-state index contributed by atoms with van der Waals surface area (Å²) in [7, 11) is 0. The van der Waals surface area contributed by atoms with Crippen LogP contribution in [0.15, 0.2) is 34.8 Å². The normalized spacial score (nSPS) is 14.0. The topological polar surface area (TPSA) is 12.0 Å². The van der Waals surface area contributed by atoms with Gasteiger partial charge < -0.3 is 5.32 Å². The van der Waals surface area contributed by atoms with Crippen molar-refractivity contribution in [2.24, 2.45) is 0 Å². The van der Waals surface area contributed by atoms with Gasteiger partial charge >= 0.3 is 0 Å². The van der Waals surface area contributed by atoms with E-state index in [9.17, 15) is 4.39 Å². The molecule has 0 amide bonds. The van der Waals surface area contributed by atoms with Crippen LogP contribution in [0.3, 0.4) is 0 Å². The summed E-state index contributed by atoms with van der Waals surface area (Å²) in [6.07, 6.45) is 0. The molecule has 0 aromatic heterocycles. The first-order chi connectivity index (χ1) is 7.13. The number of hydrogen-bond donors (Lipinski definition) is 1. The number of halogens is 3. The van der Waals surface area contributed by atoms with Crippen LogP contribution >= 0.6 is 23.2 Å². The van der Waals surface area contributed by atoms with Crippen LogP contribution in [0, 0.1) is 5.82 Å². The molecule has 1 atom stereocenters. The van der Waals surface area contributed by atoms with Gasteiger partial charge in [-0.2, -0.15) is 0 Å². The minimum Gasteiger partial charge on any atom is -0.305 e. The van der Waals surface area contributed by atoms with Gasteiger partial charge in [0.05, 0.1) is 0 Å². The zero-order valence-electron chi connectivity index (χ0n) is 8.31. The summed E-state index contributed by atoms with van der Waals surface area (Å²) < 4.78 is 12.9. The molecule has 0 radical (unpaired) electrons. The number of benzene rings is 1. The van der Waals surface area contributed by atoms with E-state index in [0.717, 1.165) is 5.56 Å². The van der Waals surface area contributed by atoms with Crippen LogP contribution in [-0.4, -0.2) is 6.54 Å². The Hall–Kier alpha value is -0.570. The lowest BCUT2D eigenvalue weighted by Crippen LogP contribution is -2.20. The molecule has 82 valence electrons. The molecule has 1 aromatic rings. The van der Waals surface area contributed by atoms with Crippen molar-refractivity contribution in [3.8, 4) is 0 Å². The first-order valence-electron chi connectivity index (χ1n) is 4.57. The van der Waals surface area contributed by atoms with Gasteiger partial charge in [0.1, 0.15) is 5.82 Å². The van der Waals surface area contributed by atoms with Crippen molar-refractivity contribution in [1.82, 2.24) is 5.32 Å². The average Bonchev–Trinajstić information content (AvgIpc) is 2.25. The van der Waals surface area contributed by atoms with Crippen molar-refractivity contribution < 1.29 is 4.39 Å². The average molecular weight is 248 g/mol.